The molecule has 0 aliphatic carbocycles. The van der Waals surface area contributed by atoms with Crippen LogP contribution in [-0.4, -0.2) is 70.9 Å². The summed E-state index contributed by atoms with van der Waals surface area (Å²) in [7, 11) is -0.969. The second kappa shape index (κ2) is 12.2. The molecule has 36 heavy (non-hydrogen) atoms. The smallest absolute Gasteiger partial charge is 0.414 e. The van der Waals surface area contributed by atoms with Gasteiger partial charge in [-0.2, -0.15) is 0 Å². The highest BCUT2D eigenvalue weighted by Crippen LogP contribution is 2.34. The number of hydrogen-bond donors (Lipinski definition) is 1. The van der Waals surface area contributed by atoms with Gasteiger partial charge in [0, 0.05) is 25.7 Å². The van der Waals surface area contributed by atoms with Crippen LogP contribution in [0.15, 0.2) is 47.4 Å². The van der Waals surface area contributed by atoms with Crippen molar-refractivity contribution in [2.75, 3.05) is 44.4 Å². The van der Waals surface area contributed by atoms with Crippen molar-refractivity contribution in [2.45, 2.75) is 44.2 Å². The number of likely N-dealkylation sites (N-methyl/N-ethyl adjacent to an activating group) is 1. The molecule has 1 N–H and O–H groups in total. The number of ether oxygens (including phenoxy) is 2. The van der Waals surface area contributed by atoms with E-state index in [1.54, 1.807) is 0 Å². The predicted octanol–water partition coefficient (Wildman–Crippen LogP) is 3.48. The lowest BCUT2D eigenvalue weighted by molar-refractivity contribution is 0.0938. The summed E-state index contributed by atoms with van der Waals surface area (Å²) in [4.78, 5) is 29.2. The van der Waals surface area contributed by atoms with Gasteiger partial charge in [0.25, 0.3) is 5.91 Å². The van der Waals surface area contributed by atoms with Crippen LogP contribution < -0.4 is 15.0 Å². The van der Waals surface area contributed by atoms with Gasteiger partial charge in [0.05, 0.1) is 29.0 Å². The number of amides is 2. The normalized spacial score (nSPS) is 15.9. The third-order valence-electron chi connectivity index (χ3n) is 6.48. The molecule has 0 saturated carbocycles. The fourth-order valence-corrected chi connectivity index (χ4v) is 5.45. The standard InChI is InChI=1S/C26H35N3O6S/c1-5-29-14-10-13-20(29)17-27-25(30)21-15-24(36(32,33)6-2)22(16-23(21)34-4)28(3)26(31)35-18-19-11-8-7-9-12-19/h7-9,11-12,15-16,20H,5-6,10,13-14,17-18H2,1-4H3,(H,27,30)/t20-/m1/s1. The fourth-order valence-electron chi connectivity index (χ4n) is 4.33. The van der Waals surface area contributed by atoms with Gasteiger partial charge in [0.1, 0.15) is 12.4 Å². The molecule has 1 saturated heterocycles. The van der Waals surface area contributed by atoms with Gasteiger partial charge in [-0.3, -0.25) is 14.6 Å². The number of carbonyl (C=O) groups excluding carboxylic acids is 2. The first-order valence-electron chi connectivity index (χ1n) is 12.1. The summed E-state index contributed by atoms with van der Waals surface area (Å²) in [6, 6.07) is 12.1. The van der Waals surface area contributed by atoms with E-state index in [1.165, 1.54) is 33.2 Å². The van der Waals surface area contributed by atoms with E-state index in [1.807, 2.05) is 30.3 Å². The molecule has 1 aliphatic heterocycles. The second-order valence-corrected chi connectivity index (χ2v) is 10.9. The SMILES string of the molecule is CCN1CCC[C@@H]1CNC(=O)c1cc(S(=O)(=O)CC)c(N(C)C(=O)OCc2ccccc2)cc1OC. The highest BCUT2D eigenvalue weighted by Gasteiger charge is 2.29. The summed E-state index contributed by atoms with van der Waals surface area (Å²) < 4.78 is 36.8. The molecule has 196 valence electrons. The minimum Gasteiger partial charge on any atom is -0.496 e. The third-order valence-corrected chi connectivity index (χ3v) is 8.24. The monoisotopic (exact) mass is 517 g/mol. The molecular weight excluding hydrogens is 482 g/mol. The first kappa shape index (κ1) is 27.5. The Balaban J connectivity index is 1.88. The number of rotatable bonds is 10. The Morgan fingerprint density at radius 2 is 1.89 bits per heavy atom. The van der Waals surface area contributed by atoms with E-state index in [9.17, 15) is 18.0 Å². The molecule has 0 unspecified atom stereocenters. The topological polar surface area (TPSA) is 105 Å². The van der Waals surface area contributed by atoms with E-state index < -0.39 is 21.8 Å². The van der Waals surface area contributed by atoms with Gasteiger partial charge in [-0.15, -0.1) is 0 Å². The molecule has 0 aromatic heterocycles. The lowest BCUT2D eigenvalue weighted by Crippen LogP contribution is -2.40. The van der Waals surface area contributed by atoms with E-state index in [0.29, 0.717) is 6.54 Å². The van der Waals surface area contributed by atoms with Crippen molar-refractivity contribution in [3.05, 3.63) is 53.6 Å². The number of nitrogens with one attached hydrogen (secondary N) is 1. The number of anilines is 1. The number of sulfone groups is 1. The molecule has 3 rings (SSSR count). The van der Waals surface area contributed by atoms with Crippen molar-refractivity contribution in [2.24, 2.45) is 0 Å². The van der Waals surface area contributed by atoms with Crippen molar-refractivity contribution in [3.8, 4) is 5.75 Å². The molecule has 0 bridgehead atoms. The van der Waals surface area contributed by atoms with Crippen LogP contribution in [-0.2, 0) is 21.2 Å². The molecule has 10 heteroatoms. The van der Waals surface area contributed by atoms with Crippen LogP contribution in [0, 0.1) is 0 Å². The Morgan fingerprint density at radius 3 is 2.53 bits per heavy atom. The minimum absolute atomic E-state index is 0.0352. The third kappa shape index (κ3) is 6.36. The van der Waals surface area contributed by atoms with Crippen LogP contribution >= 0.6 is 0 Å². The first-order chi connectivity index (χ1) is 17.2. The van der Waals surface area contributed by atoms with E-state index >= 15 is 0 Å². The van der Waals surface area contributed by atoms with Gasteiger partial charge in [0.15, 0.2) is 9.84 Å². The number of carbonyl (C=O) groups is 2. The van der Waals surface area contributed by atoms with Crippen LogP contribution in [0.2, 0.25) is 0 Å². The Hall–Kier alpha value is -3.11. The maximum Gasteiger partial charge on any atom is 0.414 e. The molecule has 1 atom stereocenters. The Labute approximate surface area is 213 Å². The van der Waals surface area contributed by atoms with Crippen LogP contribution in [0.25, 0.3) is 0 Å². The van der Waals surface area contributed by atoms with Crippen molar-refractivity contribution in [1.82, 2.24) is 10.2 Å². The largest absolute Gasteiger partial charge is 0.496 e. The fraction of sp³-hybridized carbons (Fsp3) is 0.462. The second-order valence-electron chi connectivity index (χ2n) is 8.66. The number of methoxy groups -OCH3 is 1. The highest BCUT2D eigenvalue weighted by molar-refractivity contribution is 7.91. The summed E-state index contributed by atoms with van der Waals surface area (Å²) >= 11 is 0. The van der Waals surface area contributed by atoms with E-state index in [-0.39, 0.29) is 40.3 Å². The van der Waals surface area contributed by atoms with Gasteiger partial charge in [-0.1, -0.05) is 44.2 Å². The zero-order valence-electron chi connectivity index (χ0n) is 21.3. The van der Waals surface area contributed by atoms with Crippen LogP contribution in [0.3, 0.4) is 0 Å². The van der Waals surface area contributed by atoms with Gasteiger partial charge < -0.3 is 14.8 Å². The lowest BCUT2D eigenvalue weighted by atomic mass is 10.1. The maximum atomic E-state index is 13.1. The summed E-state index contributed by atoms with van der Waals surface area (Å²) in [5, 5.41) is 2.93. The molecular formula is C26H35N3O6S. The quantitative estimate of drug-likeness (QED) is 0.514. The van der Waals surface area contributed by atoms with Crippen molar-refractivity contribution in [1.29, 1.82) is 0 Å². The molecule has 0 spiro atoms. The average Bonchev–Trinajstić information content (AvgIpc) is 3.37. The van der Waals surface area contributed by atoms with E-state index in [2.05, 4.69) is 17.1 Å². The average molecular weight is 518 g/mol. The van der Waals surface area contributed by atoms with Crippen LogP contribution in [0.1, 0.15) is 42.6 Å². The Morgan fingerprint density at radius 1 is 1.17 bits per heavy atom. The maximum absolute atomic E-state index is 13.1. The zero-order chi connectivity index (χ0) is 26.3. The summed E-state index contributed by atoms with van der Waals surface area (Å²) in [6.45, 7) is 6.00. The molecule has 1 fully saturated rings. The molecule has 0 radical (unpaired) electrons. The minimum atomic E-state index is -3.79. The number of hydrogen-bond acceptors (Lipinski definition) is 7. The molecule has 2 amide bonds. The molecule has 9 nitrogen and oxygen atoms in total. The van der Waals surface area contributed by atoms with Crippen LogP contribution in [0.4, 0.5) is 10.5 Å². The Bertz CT molecular complexity index is 1170. The highest BCUT2D eigenvalue weighted by atomic mass is 32.2. The van der Waals surface area contributed by atoms with Crippen molar-refractivity contribution in [3.63, 3.8) is 0 Å². The molecule has 2 aromatic rings. The molecule has 1 aliphatic rings. The Kier molecular flexibility index (Phi) is 9.33. The zero-order valence-corrected chi connectivity index (χ0v) is 22.1. The molecule has 1 heterocycles. The van der Waals surface area contributed by atoms with Gasteiger partial charge >= 0.3 is 6.09 Å². The summed E-state index contributed by atoms with van der Waals surface area (Å²) in [5.74, 6) is -0.462. The van der Waals surface area contributed by atoms with Crippen molar-refractivity contribution >= 4 is 27.5 Å². The number of nitrogens with zero attached hydrogens (tertiary/aromatic N) is 2. The summed E-state index contributed by atoms with van der Waals surface area (Å²) in [5.41, 5.74) is 0.978. The summed E-state index contributed by atoms with van der Waals surface area (Å²) in [6.07, 6.45) is 1.35. The number of benzene rings is 2. The molecule has 2 aromatic carbocycles. The lowest BCUT2D eigenvalue weighted by Gasteiger charge is -2.24. The van der Waals surface area contributed by atoms with E-state index in [0.717, 1.165) is 36.4 Å². The number of likely N-dealkylation sites (tertiary alicyclic amines) is 1. The van der Waals surface area contributed by atoms with Gasteiger partial charge in [-0.05, 0) is 37.6 Å². The van der Waals surface area contributed by atoms with Crippen molar-refractivity contribution < 1.29 is 27.5 Å². The van der Waals surface area contributed by atoms with Crippen LogP contribution in [0.5, 0.6) is 5.75 Å². The predicted molar refractivity (Wildman–Crippen MR) is 138 cm³/mol. The van der Waals surface area contributed by atoms with Gasteiger partial charge in [-0.25, -0.2) is 13.2 Å². The van der Waals surface area contributed by atoms with E-state index in [4.69, 9.17) is 9.47 Å². The van der Waals surface area contributed by atoms with Gasteiger partial charge in [0.2, 0.25) is 0 Å². The first-order valence-corrected chi connectivity index (χ1v) is 13.8.